The molecule has 1 aliphatic rings. The van der Waals surface area contributed by atoms with Gasteiger partial charge in [-0.2, -0.15) is 5.10 Å². The fraction of sp³-hybridized carbons (Fsp3) is 0.421. The number of pyridine rings is 1. The normalized spacial score (nSPS) is 14.9. The molecule has 0 N–H and O–H groups in total. The third kappa shape index (κ3) is 3.76. The van der Waals surface area contributed by atoms with Crippen LogP contribution >= 0.6 is 11.6 Å². The van der Waals surface area contributed by atoms with Gasteiger partial charge in [-0.15, -0.1) is 0 Å². The largest absolute Gasteiger partial charge is 0.487 e. The molecular formula is C19H22ClN3O2. The van der Waals surface area contributed by atoms with Crippen LogP contribution in [0.4, 0.5) is 0 Å². The number of nitrogens with zero attached hydrogens (tertiary/aromatic N) is 3. The number of rotatable bonds is 6. The Labute approximate surface area is 152 Å². The quantitative estimate of drug-likeness (QED) is 0.699. The van der Waals surface area contributed by atoms with Crippen LogP contribution in [0.3, 0.4) is 0 Å². The highest BCUT2D eigenvalue weighted by Crippen LogP contribution is 2.34. The Morgan fingerprint density at radius 1 is 1.32 bits per heavy atom. The van der Waals surface area contributed by atoms with Crippen LogP contribution in [0.5, 0.6) is 5.75 Å². The van der Waals surface area contributed by atoms with E-state index in [0.29, 0.717) is 35.3 Å². The van der Waals surface area contributed by atoms with E-state index in [9.17, 15) is 4.79 Å². The molecule has 0 atom stereocenters. The predicted octanol–water partition coefficient (Wildman–Crippen LogP) is 4.73. The Hall–Kier alpha value is -2.14. The van der Waals surface area contributed by atoms with Crippen LogP contribution in [0.2, 0.25) is 5.02 Å². The summed E-state index contributed by atoms with van der Waals surface area (Å²) in [6, 6.07) is 2.37. The number of carbonyl (C=O) groups excluding carboxylic acids is 1. The average molecular weight is 360 g/mol. The van der Waals surface area contributed by atoms with Gasteiger partial charge in [0.1, 0.15) is 12.4 Å². The third-order valence-corrected chi connectivity index (χ3v) is 4.77. The summed E-state index contributed by atoms with van der Waals surface area (Å²) in [5.74, 6) is 0.428. The molecule has 0 unspecified atom stereocenters. The molecule has 5 nitrogen and oxygen atoms in total. The van der Waals surface area contributed by atoms with Gasteiger partial charge in [0.2, 0.25) is 0 Å². The molecule has 0 aromatic carbocycles. The molecule has 0 spiro atoms. The molecular weight excluding hydrogens is 338 g/mol. The van der Waals surface area contributed by atoms with Gasteiger partial charge in [-0.05, 0) is 56.7 Å². The zero-order valence-corrected chi connectivity index (χ0v) is 15.3. The fourth-order valence-electron chi connectivity index (χ4n) is 3.22. The lowest BCUT2D eigenvalue weighted by molar-refractivity contribution is 0.112. The molecule has 0 radical (unpaired) electrons. The van der Waals surface area contributed by atoms with Crippen molar-refractivity contribution < 1.29 is 9.53 Å². The fourth-order valence-corrected chi connectivity index (χ4v) is 3.42. The van der Waals surface area contributed by atoms with Gasteiger partial charge in [0, 0.05) is 18.4 Å². The number of allylic oxidation sites excluding steroid dienone is 1. The highest BCUT2D eigenvalue weighted by molar-refractivity contribution is 6.33. The van der Waals surface area contributed by atoms with Gasteiger partial charge in [-0.3, -0.25) is 14.5 Å². The van der Waals surface area contributed by atoms with E-state index >= 15 is 0 Å². The smallest absolute Gasteiger partial charge is 0.155 e. The van der Waals surface area contributed by atoms with Crippen molar-refractivity contribution in [2.75, 3.05) is 6.61 Å². The lowest BCUT2D eigenvalue weighted by Gasteiger charge is -2.23. The van der Waals surface area contributed by atoms with Gasteiger partial charge in [0.25, 0.3) is 0 Å². The third-order valence-electron chi connectivity index (χ3n) is 4.47. The van der Waals surface area contributed by atoms with Gasteiger partial charge < -0.3 is 4.74 Å². The summed E-state index contributed by atoms with van der Waals surface area (Å²) in [6.07, 6.45) is 9.87. The second-order valence-electron chi connectivity index (χ2n) is 6.48. The van der Waals surface area contributed by atoms with E-state index in [4.69, 9.17) is 16.3 Å². The zero-order chi connectivity index (χ0) is 17.8. The highest BCUT2D eigenvalue weighted by Gasteiger charge is 2.19. The molecule has 2 heterocycles. The van der Waals surface area contributed by atoms with Crippen LogP contribution in [0, 0.1) is 0 Å². The van der Waals surface area contributed by atoms with Crippen molar-refractivity contribution in [3.05, 3.63) is 46.5 Å². The van der Waals surface area contributed by atoms with Crippen molar-refractivity contribution in [2.45, 2.75) is 45.6 Å². The topological polar surface area (TPSA) is 57.0 Å². The summed E-state index contributed by atoms with van der Waals surface area (Å²) in [4.78, 5) is 15.3. The first kappa shape index (κ1) is 17.7. The molecule has 2 aromatic rings. The summed E-state index contributed by atoms with van der Waals surface area (Å²) in [7, 11) is 0. The number of ether oxygens (including phenoxy) is 1. The maximum atomic E-state index is 11.3. The first-order chi connectivity index (χ1) is 12.1. The van der Waals surface area contributed by atoms with Crippen molar-refractivity contribution in [3.63, 3.8) is 0 Å². The zero-order valence-electron chi connectivity index (χ0n) is 14.5. The first-order valence-corrected chi connectivity index (χ1v) is 8.96. The molecule has 0 fully saturated rings. The van der Waals surface area contributed by atoms with Gasteiger partial charge in [0.15, 0.2) is 6.29 Å². The molecule has 1 aliphatic carbocycles. The number of carbonyl (C=O) groups is 1. The van der Waals surface area contributed by atoms with E-state index in [1.54, 1.807) is 0 Å². The van der Waals surface area contributed by atoms with Crippen molar-refractivity contribution in [2.24, 2.45) is 0 Å². The van der Waals surface area contributed by atoms with E-state index < -0.39 is 0 Å². The number of halogens is 1. The second kappa shape index (κ2) is 7.83. The summed E-state index contributed by atoms with van der Waals surface area (Å²) in [6.45, 7) is 4.69. The van der Waals surface area contributed by atoms with E-state index in [0.717, 1.165) is 25.0 Å². The van der Waals surface area contributed by atoms with Crippen LogP contribution in [0.15, 0.2) is 30.2 Å². The van der Waals surface area contributed by atoms with Gasteiger partial charge >= 0.3 is 0 Å². The predicted molar refractivity (Wildman–Crippen MR) is 98.1 cm³/mol. The Morgan fingerprint density at radius 2 is 2.12 bits per heavy atom. The molecule has 0 aliphatic heterocycles. The molecule has 6 heteroatoms. The standard InChI is InChI=1S/C19H22ClN3O2/c1-13(2)23-18(7-8-22-23)15-6-4-3-5-14(15)12-25-19-10-21-9-17(20)16(19)11-24/h7-11,13H,3-6,12H2,1-2H3. The Kier molecular flexibility index (Phi) is 5.53. The van der Waals surface area contributed by atoms with Crippen LogP contribution in [0.1, 0.15) is 61.6 Å². The molecule has 0 bridgehead atoms. The Balaban J connectivity index is 1.89. The lowest BCUT2D eigenvalue weighted by atomic mass is 9.90. The highest BCUT2D eigenvalue weighted by atomic mass is 35.5. The summed E-state index contributed by atoms with van der Waals surface area (Å²) < 4.78 is 7.97. The monoisotopic (exact) mass is 359 g/mol. The van der Waals surface area contributed by atoms with Crippen LogP contribution < -0.4 is 4.74 Å². The number of aromatic nitrogens is 3. The summed E-state index contributed by atoms with van der Waals surface area (Å²) >= 11 is 6.02. The van der Waals surface area contributed by atoms with Crippen LogP contribution in [0.25, 0.3) is 5.57 Å². The number of hydrogen-bond donors (Lipinski definition) is 0. The molecule has 2 aromatic heterocycles. The molecule has 0 amide bonds. The Morgan fingerprint density at radius 3 is 2.88 bits per heavy atom. The van der Waals surface area contributed by atoms with E-state index in [-0.39, 0.29) is 0 Å². The van der Waals surface area contributed by atoms with Crippen molar-refractivity contribution in [1.29, 1.82) is 0 Å². The Bertz CT molecular complexity index is 796. The molecule has 132 valence electrons. The molecule has 25 heavy (non-hydrogen) atoms. The minimum atomic E-state index is 0.306. The van der Waals surface area contributed by atoms with Gasteiger partial charge in [-0.1, -0.05) is 11.6 Å². The summed E-state index contributed by atoms with van der Waals surface area (Å²) in [5, 5.41) is 4.76. The molecule has 0 saturated heterocycles. The number of hydrogen-bond acceptors (Lipinski definition) is 4. The minimum Gasteiger partial charge on any atom is -0.487 e. The summed E-state index contributed by atoms with van der Waals surface area (Å²) in [5.41, 5.74) is 4.07. The molecule has 3 rings (SSSR count). The first-order valence-electron chi connectivity index (χ1n) is 8.58. The molecule has 0 saturated carbocycles. The van der Waals surface area contributed by atoms with E-state index in [1.165, 1.54) is 30.0 Å². The maximum Gasteiger partial charge on any atom is 0.155 e. The van der Waals surface area contributed by atoms with Crippen molar-refractivity contribution in [3.8, 4) is 5.75 Å². The minimum absolute atomic E-state index is 0.306. The van der Waals surface area contributed by atoms with E-state index in [2.05, 4.69) is 34.7 Å². The van der Waals surface area contributed by atoms with Crippen LogP contribution in [-0.4, -0.2) is 27.7 Å². The lowest BCUT2D eigenvalue weighted by Crippen LogP contribution is -2.13. The van der Waals surface area contributed by atoms with E-state index in [1.807, 2.05) is 6.20 Å². The van der Waals surface area contributed by atoms with Crippen molar-refractivity contribution in [1.82, 2.24) is 14.8 Å². The second-order valence-corrected chi connectivity index (χ2v) is 6.89. The van der Waals surface area contributed by atoms with Gasteiger partial charge in [-0.25, -0.2) is 0 Å². The SMILES string of the molecule is CC(C)n1nccc1C1=C(COc2cncc(Cl)c2C=O)CCCC1. The van der Waals surface area contributed by atoms with Gasteiger partial charge in [0.05, 0.1) is 22.5 Å². The maximum absolute atomic E-state index is 11.3. The van der Waals surface area contributed by atoms with Crippen LogP contribution in [-0.2, 0) is 0 Å². The average Bonchev–Trinajstić information content (AvgIpc) is 3.10. The van der Waals surface area contributed by atoms with Crippen molar-refractivity contribution >= 4 is 23.5 Å². The number of aldehydes is 1.